The molecule has 0 saturated carbocycles. The van der Waals surface area contributed by atoms with Crippen LogP contribution in [0.15, 0.2) is 11.2 Å². The van der Waals surface area contributed by atoms with Gasteiger partial charge in [-0.25, -0.2) is 9.97 Å². The highest BCUT2D eigenvalue weighted by Gasteiger charge is 2.05. The molecule has 1 heterocycles. The summed E-state index contributed by atoms with van der Waals surface area (Å²) < 4.78 is 0. The quantitative estimate of drug-likeness (QED) is 0.591. The summed E-state index contributed by atoms with van der Waals surface area (Å²) in [6, 6.07) is 2.38. The minimum absolute atomic E-state index is 0.430. The van der Waals surface area contributed by atoms with Crippen LogP contribution in [0.1, 0.15) is 27.2 Å². The predicted molar refractivity (Wildman–Crippen MR) is 71.4 cm³/mol. The Morgan fingerprint density at radius 2 is 2.00 bits per heavy atom. The number of hydrogen-bond acceptors (Lipinski definition) is 5. The first-order valence-electron chi connectivity index (χ1n) is 5.63. The Hall–Kier alpha value is -0.970. The number of aromatic nitrogens is 2. The molecule has 0 spiro atoms. The van der Waals surface area contributed by atoms with E-state index in [1.54, 1.807) is 11.8 Å². The fourth-order valence-corrected chi connectivity index (χ4v) is 1.60. The van der Waals surface area contributed by atoms with Gasteiger partial charge in [0.2, 0.25) is 0 Å². The molecule has 1 aromatic rings. The lowest BCUT2D eigenvalue weighted by Gasteiger charge is -2.13. The van der Waals surface area contributed by atoms with E-state index in [1.165, 1.54) is 0 Å². The smallest absolute Gasteiger partial charge is 0.191 e. The molecule has 90 valence electrons. The molecule has 0 fully saturated rings. The normalized spacial score (nSPS) is 12.2. The molecule has 2 N–H and O–H groups in total. The first-order chi connectivity index (χ1) is 7.69. The van der Waals surface area contributed by atoms with Crippen LogP contribution in [-0.4, -0.2) is 28.8 Å². The molecule has 0 radical (unpaired) electrons. The Morgan fingerprint density at radius 3 is 2.56 bits per heavy atom. The second-order valence-corrected chi connectivity index (χ2v) is 4.38. The summed E-state index contributed by atoms with van der Waals surface area (Å²) >= 11 is 1.56. The van der Waals surface area contributed by atoms with Gasteiger partial charge in [-0.1, -0.05) is 18.7 Å². The molecule has 0 amide bonds. The van der Waals surface area contributed by atoms with Crippen LogP contribution in [0.25, 0.3) is 0 Å². The molecular formula is C11H20N4S. The molecule has 0 aliphatic rings. The zero-order chi connectivity index (χ0) is 12.0. The fourth-order valence-electron chi connectivity index (χ4n) is 1.22. The van der Waals surface area contributed by atoms with Crippen LogP contribution < -0.4 is 10.6 Å². The molecule has 0 aliphatic carbocycles. The number of nitrogens with one attached hydrogen (secondary N) is 2. The fraction of sp³-hybridized carbons (Fsp3) is 0.636. The lowest BCUT2D eigenvalue weighted by molar-refractivity contribution is 0.754. The maximum atomic E-state index is 4.42. The summed E-state index contributed by atoms with van der Waals surface area (Å²) in [5.74, 6) is 1.78. The molecule has 16 heavy (non-hydrogen) atoms. The zero-order valence-corrected chi connectivity index (χ0v) is 11.2. The van der Waals surface area contributed by atoms with Gasteiger partial charge in [-0.05, 0) is 26.5 Å². The highest BCUT2D eigenvalue weighted by atomic mass is 32.2. The number of anilines is 2. The van der Waals surface area contributed by atoms with Gasteiger partial charge < -0.3 is 10.6 Å². The van der Waals surface area contributed by atoms with E-state index in [9.17, 15) is 0 Å². The topological polar surface area (TPSA) is 49.8 Å². The van der Waals surface area contributed by atoms with E-state index in [0.717, 1.165) is 29.8 Å². The van der Waals surface area contributed by atoms with Gasteiger partial charge in [0, 0.05) is 18.7 Å². The summed E-state index contributed by atoms with van der Waals surface area (Å²) in [6.07, 6.45) is 3.06. The summed E-state index contributed by atoms with van der Waals surface area (Å²) in [6.45, 7) is 7.23. The Kier molecular flexibility index (Phi) is 5.38. The van der Waals surface area contributed by atoms with Gasteiger partial charge in [0.15, 0.2) is 5.16 Å². The molecule has 0 aliphatic heterocycles. The predicted octanol–water partition coefficient (Wildman–Crippen LogP) is 2.84. The standard InChI is InChI=1S/C11H20N4S/c1-5-8(3)13-10-7-9(12-6-2)14-11(15-10)16-4/h7-8H,5-6H2,1-4H3,(H2,12,13,14,15). The minimum atomic E-state index is 0.430. The van der Waals surface area contributed by atoms with E-state index < -0.39 is 0 Å². The van der Waals surface area contributed by atoms with Gasteiger partial charge in [-0.3, -0.25) is 0 Å². The Morgan fingerprint density at radius 1 is 1.31 bits per heavy atom. The van der Waals surface area contributed by atoms with Crippen molar-refractivity contribution in [1.82, 2.24) is 9.97 Å². The molecule has 1 aromatic heterocycles. The SMILES string of the molecule is CCNc1cc(NC(C)CC)nc(SC)n1. The maximum Gasteiger partial charge on any atom is 0.191 e. The molecular weight excluding hydrogens is 220 g/mol. The van der Waals surface area contributed by atoms with Crippen LogP contribution in [-0.2, 0) is 0 Å². The van der Waals surface area contributed by atoms with Crippen molar-refractivity contribution in [3.8, 4) is 0 Å². The average Bonchev–Trinajstić information content (AvgIpc) is 2.29. The monoisotopic (exact) mass is 240 g/mol. The van der Waals surface area contributed by atoms with Crippen LogP contribution in [0.2, 0.25) is 0 Å². The van der Waals surface area contributed by atoms with E-state index in [-0.39, 0.29) is 0 Å². The van der Waals surface area contributed by atoms with E-state index >= 15 is 0 Å². The number of rotatable bonds is 6. The van der Waals surface area contributed by atoms with E-state index in [4.69, 9.17) is 0 Å². The minimum Gasteiger partial charge on any atom is -0.370 e. The van der Waals surface area contributed by atoms with Gasteiger partial charge in [0.25, 0.3) is 0 Å². The Balaban J connectivity index is 2.85. The second kappa shape index (κ2) is 6.58. The van der Waals surface area contributed by atoms with Crippen LogP contribution in [0.4, 0.5) is 11.6 Å². The summed E-state index contributed by atoms with van der Waals surface area (Å²) in [5, 5.41) is 7.37. The summed E-state index contributed by atoms with van der Waals surface area (Å²) in [7, 11) is 0. The molecule has 1 rings (SSSR count). The van der Waals surface area contributed by atoms with Crippen molar-refractivity contribution in [2.45, 2.75) is 38.4 Å². The van der Waals surface area contributed by atoms with Crippen LogP contribution in [0, 0.1) is 0 Å². The van der Waals surface area contributed by atoms with Crippen molar-refractivity contribution in [1.29, 1.82) is 0 Å². The largest absolute Gasteiger partial charge is 0.370 e. The third-order valence-electron chi connectivity index (χ3n) is 2.25. The number of nitrogens with zero attached hydrogens (tertiary/aromatic N) is 2. The number of thioether (sulfide) groups is 1. The highest BCUT2D eigenvalue weighted by molar-refractivity contribution is 7.98. The van der Waals surface area contributed by atoms with Crippen molar-refractivity contribution in [2.24, 2.45) is 0 Å². The maximum absolute atomic E-state index is 4.42. The van der Waals surface area contributed by atoms with Crippen LogP contribution in [0.5, 0.6) is 0 Å². The van der Waals surface area contributed by atoms with Gasteiger partial charge in [0.05, 0.1) is 0 Å². The molecule has 0 bridgehead atoms. The van der Waals surface area contributed by atoms with E-state index in [2.05, 4.69) is 41.4 Å². The first kappa shape index (κ1) is 13.1. The molecule has 0 saturated heterocycles. The summed E-state index contributed by atoms with van der Waals surface area (Å²) in [5.41, 5.74) is 0. The van der Waals surface area contributed by atoms with Gasteiger partial charge in [-0.2, -0.15) is 0 Å². The Labute approximate surface area is 102 Å². The third kappa shape index (κ3) is 3.89. The lowest BCUT2D eigenvalue weighted by Crippen LogP contribution is -2.15. The lowest BCUT2D eigenvalue weighted by atomic mass is 10.2. The van der Waals surface area contributed by atoms with Crippen molar-refractivity contribution in [2.75, 3.05) is 23.4 Å². The highest BCUT2D eigenvalue weighted by Crippen LogP contribution is 2.18. The number of hydrogen-bond donors (Lipinski definition) is 2. The Bertz CT molecular complexity index is 330. The van der Waals surface area contributed by atoms with Crippen molar-refractivity contribution < 1.29 is 0 Å². The average molecular weight is 240 g/mol. The molecule has 4 nitrogen and oxygen atoms in total. The first-order valence-corrected chi connectivity index (χ1v) is 6.85. The molecule has 0 aromatic carbocycles. The second-order valence-electron chi connectivity index (χ2n) is 3.61. The van der Waals surface area contributed by atoms with Gasteiger partial charge >= 0.3 is 0 Å². The zero-order valence-electron chi connectivity index (χ0n) is 10.4. The van der Waals surface area contributed by atoms with Crippen molar-refractivity contribution in [3.63, 3.8) is 0 Å². The molecule has 1 atom stereocenters. The van der Waals surface area contributed by atoms with E-state index in [0.29, 0.717) is 6.04 Å². The third-order valence-corrected chi connectivity index (χ3v) is 2.80. The van der Waals surface area contributed by atoms with E-state index in [1.807, 2.05) is 12.3 Å². The molecule has 1 unspecified atom stereocenters. The molecule has 5 heteroatoms. The van der Waals surface area contributed by atoms with Crippen LogP contribution >= 0.6 is 11.8 Å². The summed E-state index contributed by atoms with van der Waals surface area (Å²) in [4.78, 5) is 8.80. The van der Waals surface area contributed by atoms with Crippen LogP contribution in [0.3, 0.4) is 0 Å². The van der Waals surface area contributed by atoms with Gasteiger partial charge in [0.1, 0.15) is 11.6 Å². The van der Waals surface area contributed by atoms with Crippen molar-refractivity contribution in [3.05, 3.63) is 6.07 Å². The van der Waals surface area contributed by atoms with Gasteiger partial charge in [-0.15, -0.1) is 0 Å². The van der Waals surface area contributed by atoms with Crippen molar-refractivity contribution >= 4 is 23.4 Å².